The van der Waals surface area contributed by atoms with E-state index in [2.05, 4.69) is 15.6 Å². The van der Waals surface area contributed by atoms with Gasteiger partial charge in [-0.15, -0.1) is 0 Å². The summed E-state index contributed by atoms with van der Waals surface area (Å²) in [5, 5.41) is 7.61. The first-order valence-electron chi connectivity index (χ1n) is 8.40. The Labute approximate surface area is 149 Å². The first-order chi connectivity index (χ1) is 12.1. The third-order valence-corrected chi connectivity index (χ3v) is 5.71. The van der Waals surface area contributed by atoms with Crippen molar-refractivity contribution in [1.29, 1.82) is 0 Å². The molecule has 1 aromatic heterocycles. The Hall–Kier alpha value is -2.25. The Balaban J connectivity index is 1.37. The molecule has 0 spiro atoms. The molecule has 4 rings (SSSR count). The summed E-state index contributed by atoms with van der Waals surface area (Å²) in [7, 11) is 0. The predicted octanol–water partition coefficient (Wildman–Crippen LogP) is 2.76. The van der Waals surface area contributed by atoms with E-state index >= 15 is 0 Å². The Kier molecular flexibility index (Phi) is 4.27. The summed E-state index contributed by atoms with van der Waals surface area (Å²) in [4.78, 5) is 27.7. The summed E-state index contributed by atoms with van der Waals surface area (Å²) >= 11 is 1.21. The van der Waals surface area contributed by atoms with Crippen LogP contribution >= 0.6 is 11.3 Å². The van der Waals surface area contributed by atoms with E-state index in [4.69, 9.17) is 4.74 Å². The predicted molar refractivity (Wildman–Crippen MR) is 94.5 cm³/mol. The molecule has 0 saturated carbocycles. The van der Waals surface area contributed by atoms with Gasteiger partial charge in [-0.2, -0.15) is 0 Å². The zero-order chi connectivity index (χ0) is 17.4. The van der Waals surface area contributed by atoms with Gasteiger partial charge in [-0.1, -0.05) is 11.3 Å². The second-order valence-electron chi connectivity index (χ2n) is 6.53. The summed E-state index contributed by atoms with van der Waals surface area (Å²) in [6.45, 7) is 1.47. The number of benzene rings is 1. The van der Waals surface area contributed by atoms with E-state index in [1.54, 1.807) is 24.3 Å². The van der Waals surface area contributed by atoms with Crippen LogP contribution in [0.1, 0.15) is 46.3 Å². The molecule has 130 valence electrons. The highest BCUT2D eigenvalue weighted by Crippen LogP contribution is 2.29. The van der Waals surface area contributed by atoms with Crippen LogP contribution in [0.2, 0.25) is 0 Å². The topological polar surface area (TPSA) is 80.3 Å². The van der Waals surface area contributed by atoms with E-state index in [0.29, 0.717) is 33.5 Å². The Morgan fingerprint density at radius 1 is 1.28 bits per heavy atom. The highest BCUT2D eigenvalue weighted by atomic mass is 32.1. The summed E-state index contributed by atoms with van der Waals surface area (Å²) in [5.41, 5.74) is 0.615. The molecule has 3 atom stereocenters. The van der Waals surface area contributed by atoms with Gasteiger partial charge < -0.3 is 15.4 Å². The van der Waals surface area contributed by atoms with Gasteiger partial charge in [-0.25, -0.2) is 4.98 Å². The summed E-state index contributed by atoms with van der Waals surface area (Å²) in [6, 6.07) is 8.20. The molecule has 2 aromatic rings. The number of amides is 1. The fraction of sp³-hybridized carbons (Fsp3) is 0.389. The van der Waals surface area contributed by atoms with Crippen molar-refractivity contribution in [1.82, 2.24) is 15.6 Å². The number of ketones is 1. The van der Waals surface area contributed by atoms with Crippen LogP contribution < -0.4 is 15.4 Å². The second-order valence-corrected chi connectivity index (χ2v) is 7.52. The van der Waals surface area contributed by atoms with E-state index in [0.717, 1.165) is 12.8 Å². The lowest BCUT2D eigenvalue weighted by atomic mass is 9.95. The number of Topliss-reactive ketones (excluding diaryl/α,β-unsaturated/α-hetero) is 1. The summed E-state index contributed by atoms with van der Waals surface area (Å²) < 4.78 is 5.68. The maximum absolute atomic E-state index is 12.4. The molecule has 2 N–H and O–H groups in total. The van der Waals surface area contributed by atoms with Crippen LogP contribution in [-0.2, 0) is 0 Å². The van der Waals surface area contributed by atoms with E-state index in [1.165, 1.54) is 30.9 Å². The van der Waals surface area contributed by atoms with Crippen molar-refractivity contribution in [3.05, 3.63) is 41.0 Å². The van der Waals surface area contributed by atoms with E-state index in [9.17, 15) is 9.59 Å². The minimum absolute atomic E-state index is 0.0532. The number of hydrogen-bond donors (Lipinski definition) is 2. The largest absolute Gasteiger partial charge is 0.445 e. The van der Waals surface area contributed by atoms with E-state index in [-0.39, 0.29) is 17.7 Å². The highest BCUT2D eigenvalue weighted by Gasteiger charge is 2.39. The fourth-order valence-corrected chi connectivity index (χ4v) is 4.18. The van der Waals surface area contributed by atoms with Gasteiger partial charge in [0.15, 0.2) is 10.8 Å². The molecule has 3 unspecified atom stereocenters. The van der Waals surface area contributed by atoms with Crippen LogP contribution in [0.15, 0.2) is 30.5 Å². The number of aromatic nitrogens is 1. The molecule has 1 amide bonds. The molecule has 25 heavy (non-hydrogen) atoms. The third-order valence-electron chi connectivity index (χ3n) is 4.74. The number of thiazole rings is 1. The van der Waals surface area contributed by atoms with Gasteiger partial charge in [0, 0.05) is 30.6 Å². The van der Waals surface area contributed by atoms with Crippen molar-refractivity contribution in [2.45, 2.75) is 44.3 Å². The van der Waals surface area contributed by atoms with Crippen molar-refractivity contribution >= 4 is 23.0 Å². The zero-order valence-electron chi connectivity index (χ0n) is 13.8. The smallest absolute Gasteiger partial charge is 0.251 e. The number of rotatable bonds is 5. The zero-order valence-corrected chi connectivity index (χ0v) is 14.6. The van der Waals surface area contributed by atoms with Crippen molar-refractivity contribution in [3.8, 4) is 10.8 Å². The molecule has 0 radical (unpaired) electrons. The first kappa shape index (κ1) is 16.2. The lowest BCUT2D eigenvalue weighted by Gasteiger charge is -2.21. The molecule has 2 aliphatic heterocycles. The maximum atomic E-state index is 12.4. The molecule has 2 saturated heterocycles. The number of carbonyl (C=O) groups is 2. The van der Waals surface area contributed by atoms with Crippen LogP contribution in [-0.4, -0.2) is 34.8 Å². The Morgan fingerprint density at radius 2 is 2.08 bits per heavy atom. The van der Waals surface area contributed by atoms with E-state index in [1.807, 2.05) is 0 Å². The molecule has 2 aliphatic rings. The lowest BCUT2D eigenvalue weighted by molar-refractivity contribution is 0.0930. The molecule has 6 nitrogen and oxygen atoms in total. The fourth-order valence-electron chi connectivity index (χ4n) is 3.50. The molecule has 3 heterocycles. The van der Waals surface area contributed by atoms with Crippen molar-refractivity contribution in [2.75, 3.05) is 0 Å². The first-order valence-corrected chi connectivity index (χ1v) is 9.22. The van der Waals surface area contributed by atoms with Crippen LogP contribution in [0.3, 0.4) is 0 Å². The monoisotopic (exact) mass is 357 g/mol. The van der Waals surface area contributed by atoms with Crippen molar-refractivity contribution < 1.29 is 14.3 Å². The lowest BCUT2D eigenvalue weighted by Crippen LogP contribution is -2.42. The van der Waals surface area contributed by atoms with Gasteiger partial charge in [0.25, 0.3) is 5.91 Å². The molecule has 0 aliphatic carbocycles. The quantitative estimate of drug-likeness (QED) is 0.805. The van der Waals surface area contributed by atoms with Crippen molar-refractivity contribution in [3.63, 3.8) is 0 Å². The van der Waals surface area contributed by atoms with Gasteiger partial charge in [-0.3, -0.25) is 9.59 Å². The maximum Gasteiger partial charge on any atom is 0.251 e. The standard InChI is InChI=1S/C18H19N3O3S/c1-10(22)18-19-9-16(25-18)24-13-5-2-11(3-6-13)17(23)21-15-8-12-4-7-14(15)20-12/h2-3,5-6,9,12,14-15,20H,4,7-8H2,1H3,(H,21,23). The van der Waals surface area contributed by atoms with Gasteiger partial charge in [0.2, 0.25) is 5.06 Å². The summed E-state index contributed by atoms with van der Waals surface area (Å²) in [6.07, 6.45) is 4.90. The SMILES string of the molecule is CC(=O)c1ncc(Oc2ccc(C(=O)NC3CC4CCC3N4)cc2)s1. The molecule has 2 bridgehead atoms. The Bertz CT molecular complexity index is 802. The van der Waals surface area contributed by atoms with Gasteiger partial charge in [0.05, 0.1) is 6.20 Å². The van der Waals surface area contributed by atoms with Gasteiger partial charge >= 0.3 is 0 Å². The van der Waals surface area contributed by atoms with Crippen LogP contribution in [0.5, 0.6) is 10.8 Å². The number of fused-ring (bicyclic) bond motifs is 2. The average molecular weight is 357 g/mol. The van der Waals surface area contributed by atoms with Crippen LogP contribution in [0, 0.1) is 0 Å². The minimum atomic E-state index is -0.0815. The molecular formula is C18H19N3O3S. The number of nitrogens with zero attached hydrogens (tertiary/aromatic N) is 1. The van der Waals surface area contributed by atoms with Crippen molar-refractivity contribution in [2.24, 2.45) is 0 Å². The van der Waals surface area contributed by atoms with Crippen LogP contribution in [0.25, 0.3) is 0 Å². The number of carbonyl (C=O) groups excluding carboxylic acids is 2. The molecule has 7 heteroatoms. The summed E-state index contributed by atoms with van der Waals surface area (Å²) in [5.74, 6) is 0.474. The number of nitrogens with one attached hydrogen (secondary N) is 2. The Morgan fingerprint density at radius 3 is 2.68 bits per heavy atom. The third kappa shape index (κ3) is 3.43. The highest BCUT2D eigenvalue weighted by molar-refractivity contribution is 7.15. The van der Waals surface area contributed by atoms with Gasteiger partial charge in [0.1, 0.15) is 5.75 Å². The minimum Gasteiger partial charge on any atom is -0.445 e. The molecular weight excluding hydrogens is 338 g/mol. The normalized spacial score (nSPS) is 24.3. The second kappa shape index (κ2) is 6.57. The van der Waals surface area contributed by atoms with E-state index < -0.39 is 0 Å². The van der Waals surface area contributed by atoms with Crippen LogP contribution in [0.4, 0.5) is 0 Å². The average Bonchev–Trinajstić information content (AvgIpc) is 3.32. The number of ether oxygens (including phenoxy) is 1. The molecule has 1 aromatic carbocycles. The molecule has 2 fully saturated rings. The van der Waals surface area contributed by atoms with Gasteiger partial charge in [-0.05, 0) is 43.5 Å². The number of hydrogen-bond acceptors (Lipinski definition) is 6.